The van der Waals surface area contributed by atoms with Gasteiger partial charge in [0.25, 0.3) is 0 Å². The summed E-state index contributed by atoms with van der Waals surface area (Å²) in [5.41, 5.74) is 0.902. The minimum absolute atomic E-state index is 0.0790. The SMILES string of the molecule is CCOC(=O)C1CCN(C(=O)C2(c3cc(-c4ccc5c(c4)OCO5)on3)CC2)CC1. The number of esters is 1. The Balaban J connectivity index is 1.28. The van der Waals surface area contributed by atoms with E-state index in [1.165, 1.54) is 0 Å². The van der Waals surface area contributed by atoms with Gasteiger partial charge in [-0.05, 0) is 50.8 Å². The van der Waals surface area contributed by atoms with Crippen molar-refractivity contribution in [3.05, 3.63) is 30.0 Å². The average molecular weight is 412 g/mol. The fourth-order valence-corrected chi connectivity index (χ4v) is 4.27. The van der Waals surface area contributed by atoms with Gasteiger partial charge in [-0.15, -0.1) is 0 Å². The molecule has 2 aliphatic heterocycles. The number of fused-ring (bicyclic) bond motifs is 1. The first-order valence-electron chi connectivity index (χ1n) is 10.4. The molecule has 5 rings (SSSR count). The number of aromatic nitrogens is 1. The van der Waals surface area contributed by atoms with Gasteiger partial charge in [0.2, 0.25) is 12.7 Å². The summed E-state index contributed by atoms with van der Waals surface area (Å²) in [4.78, 5) is 27.1. The smallest absolute Gasteiger partial charge is 0.309 e. The van der Waals surface area contributed by atoms with Crippen molar-refractivity contribution in [2.45, 2.75) is 38.0 Å². The number of benzene rings is 1. The number of carbonyl (C=O) groups is 2. The molecule has 3 heterocycles. The number of likely N-dealkylation sites (tertiary alicyclic amines) is 1. The number of ether oxygens (including phenoxy) is 3. The Kier molecular flexibility index (Phi) is 4.64. The van der Waals surface area contributed by atoms with E-state index < -0.39 is 5.41 Å². The van der Waals surface area contributed by atoms with Crippen LogP contribution in [0.5, 0.6) is 11.5 Å². The van der Waals surface area contributed by atoms with Crippen LogP contribution in [-0.2, 0) is 19.7 Å². The summed E-state index contributed by atoms with van der Waals surface area (Å²) < 4.78 is 21.5. The Labute approximate surface area is 174 Å². The van der Waals surface area contributed by atoms with E-state index in [0.29, 0.717) is 55.5 Å². The van der Waals surface area contributed by atoms with E-state index in [1.54, 1.807) is 0 Å². The molecule has 3 aliphatic rings. The molecule has 1 aromatic carbocycles. The zero-order valence-corrected chi connectivity index (χ0v) is 16.9. The van der Waals surface area contributed by atoms with Gasteiger partial charge in [-0.25, -0.2) is 0 Å². The summed E-state index contributed by atoms with van der Waals surface area (Å²) in [6.07, 6.45) is 2.80. The van der Waals surface area contributed by atoms with Gasteiger partial charge in [0.05, 0.1) is 23.6 Å². The average Bonchev–Trinajstić information content (AvgIpc) is 3.20. The molecule has 1 aromatic heterocycles. The Hall–Kier alpha value is -3.03. The number of carbonyl (C=O) groups excluding carboxylic acids is 2. The topological polar surface area (TPSA) is 91.1 Å². The van der Waals surface area contributed by atoms with Gasteiger partial charge in [-0.1, -0.05) is 5.16 Å². The van der Waals surface area contributed by atoms with Crippen molar-refractivity contribution < 1.29 is 28.3 Å². The lowest BCUT2D eigenvalue weighted by Gasteiger charge is -2.33. The van der Waals surface area contributed by atoms with Gasteiger partial charge in [0, 0.05) is 24.7 Å². The van der Waals surface area contributed by atoms with Gasteiger partial charge in [-0.2, -0.15) is 0 Å². The molecule has 1 aliphatic carbocycles. The first kappa shape index (κ1) is 19.0. The molecule has 8 heteroatoms. The van der Waals surface area contributed by atoms with E-state index in [1.807, 2.05) is 36.1 Å². The summed E-state index contributed by atoms with van der Waals surface area (Å²) >= 11 is 0. The molecule has 30 heavy (non-hydrogen) atoms. The quantitative estimate of drug-likeness (QED) is 0.698. The summed E-state index contributed by atoms with van der Waals surface area (Å²) in [6.45, 7) is 3.54. The predicted octanol–water partition coefficient (Wildman–Crippen LogP) is 2.90. The molecule has 158 valence electrons. The van der Waals surface area contributed by atoms with Crippen LogP contribution in [0.1, 0.15) is 38.3 Å². The Bertz CT molecular complexity index is 972. The third-order valence-corrected chi connectivity index (χ3v) is 6.22. The molecular formula is C22H24N2O6. The van der Waals surface area contributed by atoms with E-state index >= 15 is 0 Å². The van der Waals surface area contributed by atoms with Gasteiger partial charge in [-0.3, -0.25) is 9.59 Å². The van der Waals surface area contributed by atoms with Crippen LogP contribution < -0.4 is 9.47 Å². The number of rotatable bonds is 5. The van der Waals surface area contributed by atoms with E-state index in [-0.39, 0.29) is 24.6 Å². The Morgan fingerprint density at radius 1 is 1.17 bits per heavy atom. The second kappa shape index (κ2) is 7.34. The van der Waals surface area contributed by atoms with Gasteiger partial charge >= 0.3 is 5.97 Å². The van der Waals surface area contributed by atoms with Crippen LogP contribution in [0.2, 0.25) is 0 Å². The van der Waals surface area contributed by atoms with Crippen molar-refractivity contribution in [2.24, 2.45) is 5.92 Å². The summed E-state index contributed by atoms with van der Waals surface area (Å²) in [6, 6.07) is 7.44. The molecule has 1 amide bonds. The van der Waals surface area contributed by atoms with Crippen molar-refractivity contribution in [3.8, 4) is 22.8 Å². The normalized spacial score (nSPS) is 19.6. The molecule has 0 N–H and O–H groups in total. The molecule has 0 spiro atoms. The van der Waals surface area contributed by atoms with Crippen molar-refractivity contribution in [3.63, 3.8) is 0 Å². The highest BCUT2D eigenvalue weighted by atomic mass is 16.7. The molecule has 1 saturated carbocycles. The molecular weight excluding hydrogens is 388 g/mol. The standard InChI is InChI=1S/C22H24N2O6/c1-2-27-20(25)14-5-9-24(10-6-14)21(26)22(7-8-22)19-12-17(30-23-19)15-3-4-16-18(11-15)29-13-28-16/h3-4,11-12,14H,2,5-10,13H2,1H3. The molecule has 0 radical (unpaired) electrons. The molecule has 8 nitrogen and oxygen atoms in total. The van der Waals surface area contributed by atoms with Crippen LogP contribution in [0.25, 0.3) is 11.3 Å². The van der Waals surface area contributed by atoms with Crippen molar-refractivity contribution in [1.29, 1.82) is 0 Å². The van der Waals surface area contributed by atoms with Crippen LogP contribution in [-0.4, -0.2) is 48.4 Å². The molecule has 0 unspecified atom stereocenters. The van der Waals surface area contributed by atoms with E-state index in [4.69, 9.17) is 18.7 Å². The highest BCUT2D eigenvalue weighted by Crippen LogP contribution is 2.50. The number of nitrogens with zero attached hydrogens (tertiary/aromatic N) is 2. The Morgan fingerprint density at radius 2 is 1.93 bits per heavy atom. The minimum atomic E-state index is -0.602. The highest BCUT2D eigenvalue weighted by Gasteiger charge is 2.55. The number of hydrogen-bond acceptors (Lipinski definition) is 7. The summed E-state index contributed by atoms with van der Waals surface area (Å²) in [5.74, 6) is 1.79. The van der Waals surface area contributed by atoms with Gasteiger partial charge in [0.15, 0.2) is 17.3 Å². The van der Waals surface area contributed by atoms with Crippen LogP contribution in [0.3, 0.4) is 0 Å². The molecule has 2 aromatic rings. The molecule has 2 fully saturated rings. The third kappa shape index (κ3) is 3.20. The van der Waals surface area contributed by atoms with Crippen LogP contribution in [0.4, 0.5) is 0 Å². The Morgan fingerprint density at radius 3 is 2.67 bits per heavy atom. The lowest BCUT2D eigenvalue weighted by Crippen LogP contribution is -2.45. The monoisotopic (exact) mass is 412 g/mol. The van der Waals surface area contributed by atoms with Gasteiger partial charge < -0.3 is 23.6 Å². The zero-order chi connectivity index (χ0) is 20.7. The van der Waals surface area contributed by atoms with Crippen LogP contribution in [0.15, 0.2) is 28.8 Å². The maximum Gasteiger partial charge on any atom is 0.309 e. The maximum absolute atomic E-state index is 13.3. The second-order valence-electron chi connectivity index (χ2n) is 8.05. The number of hydrogen-bond donors (Lipinski definition) is 0. The minimum Gasteiger partial charge on any atom is -0.466 e. The fourth-order valence-electron chi connectivity index (χ4n) is 4.27. The first-order valence-corrected chi connectivity index (χ1v) is 10.4. The predicted molar refractivity (Wildman–Crippen MR) is 105 cm³/mol. The van der Waals surface area contributed by atoms with E-state index in [9.17, 15) is 9.59 Å². The molecule has 0 bridgehead atoms. The summed E-state index contributed by atoms with van der Waals surface area (Å²) in [5, 5.41) is 4.24. The van der Waals surface area contributed by atoms with Crippen molar-refractivity contribution in [1.82, 2.24) is 10.1 Å². The lowest BCUT2D eigenvalue weighted by atomic mass is 9.93. The second-order valence-corrected chi connectivity index (χ2v) is 8.05. The third-order valence-electron chi connectivity index (χ3n) is 6.22. The van der Waals surface area contributed by atoms with E-state index in [0.717, 1.165) is 18.4 Å². The van der Waals surface area contributed by atoms with Gasteiger partial charge in [0.1, 0.15) is 0 Å². The highest BCUT2D eigenvalue weighted by molar-refractivity contribution is 5.91. The van der Waals surface area contributed by atoms with Crippen molar-refractivity contribution >= 4 is 11.9 Å². The maximum atomic E-state index is 13.3. The lowest BCUT2D eigenvalue weighted by molar-refractivity contribution is -0.151. The van der Waals surface area contributed by atoms with Crippen LogP contribution in [0, 0.1) is 5.92 Å². The largest absolute Gasteiger partial charge is 0.466 e. The number of piperidine rings is 1. The number of amides is 1. The molecule has 1 saturated heterocycles. The van der Waals surface area contributed by atoms with Crippen molar-refractivity contribution in [2.75, 3.05) is 26.5 Å². The van der Waals surface area contributed by atoms with E-state index in [2.05, 4.69) is 5.16 Å². The summed E-state index contributed by atoms with van der Waals surface area (Å²) in [7, 11) is 0. The fraction of sp³-hybridized carbons (Fsp3) is 0.500. The van der Waals surface area contributed by atoms with Crippen LogP contribution >= 0.6 is 0 Å². The first-order chi connectivity index (χ1) is 14.6. The molecule has 0 atom stereocenters. The zero-order valence-electron chi connectivity index (χ0n) is 16.9.